The molecule has 1 saturated heterocycles. The van der Waals surface area contributed by atoms with E-state index in [0.29, 0.717) is 11.2 Å². The highest BCUT2D eigenvalue weighted by atomic mass is 32.2. The molecule has 0 aromatic heterocycles. The van der Waals surface area contributed by atoms with E-state index in [1.807, 2.05) is 0 Å². The summed E-state index contributed by atoms with van der Waals surface area (Å²) in [5, 5.41) is 0.463. The molecular weight excluding hydrogens is 120 g/mol. The smallest absolute Gasteiger partial charge is 0.113 e. The third-order valence-corrected chi connectivity index (χ3v) is 3.62. The summed E-state index contributed by atoms with van der Waals surface area (Å²) in [6, 6.07) is 0. The third-order valence-electron chi connectivity index (χ3n) is 1.63. The molecule has 1 aliphatic heterocycles. The minimum atomic E-state index is -0.498. The fraction of sp³-hybridized carbons (Fsp3) is 1.00. The van der Waals surface area contributed by atoms with E-state index in [4.69, 9.17) is 0 Å². The topological polar surface area (TPSA) is 23.1 Å². The van der Waals surface area contributed by atoms with Crippen LogP contribution in [-0.4, -0.2) is 15.6 Å². The minimum Gasteiger partial charge on any atom is -0.616 e. The van der Waals surface area contributed by atoms with Crippen LogP contribution >= 0.6 is 0 Å². The Kier molecular flexibility index (Phi) is 1.83. The molecular formula is C6H12OS. The molecule has 1 rings (SSSR count). The zero-order valence-corrected chi connectivity index (χ0v) is 6.20. The van der Waals surface area contributed by atoms with E-state index >= 15 is 0 Å². The minimum absolute atomic E-state index is 0.463. The van der Waals surface area contributed by atoms with Crippen LogP contribution in [-0.2, 0) is 11.2 Å². The van der Waals surface area contributed by atoms with Crippen LogP contribution in [0.25, 0.3) is 0 Å². The molecule has 0 saturated carbocycles. The predicted octanol–water partition coefficient (Wildman–Crippen LogP) is 1.16. The van der Waals surface area contributed by atoms with Crippen molar-refractivity contribution in [2.24, 2.45) is 5.92 Å². The van der Waals surface area contributed by atoms with Crippen molar-refractivity contribution in [2.45, 2.75) is 25.5 Å². The zero-order valence-electron chi connectivity index (χ0n) is 5.39. The largest absolute Gasteiger partial charge is 0.616 e. The maximum Gasteiger partial charge on any atom is 0.113 e. The highest BCUT2D eigenvalue weighted by molar-refractivity contribution is 7.92. The summed E-state index contributed by atoms with van der Waals surface area (Å²) >= 11 is -0.498. The van der Waals surface area contributed by atoms with Gasteiger partial charge in [-0.25, -0.2) is 0 Å². The van der Waals surface area contributed by atoms with Crippen molar-refractivity contribution in [3.05, 3.63) is 0 Å². The molecule has 1 heterocycles. The van der Waals surface area contributed by atoms with Crippen LogP contribution in [0.4, 0.5) is 0 Å². The molecule has 48 valence electrons. The SMILES string of the molecule is CC1C[C@H](C)[S+]([O-])C1. The summed E-state index contributed by atoms with van der Waals surface area (Å²) in [4.78, 5) is 0. The summed E-state index contributed by atoms with van der Waals surface area (Å²) in [6.07, 6.45) is 1.16. The third kappa shape index (κ3) is 1.17. The van der Waals surface area contributed by atoms with Crippen LogP contribution in [0, 0.1) is 5.92 Å². The van der Waals surface area contributed by atoms with Gasteiger partial charge in [0.15, 0.2) is 0 Å². The lowest BCUT2D eigenvalue weighted by Gasteiger charge is -2.05. The Hall–Kier alpha value is 0.310. The van der Waals surface area contributed by atoms with Gasteiger partial charge >= 0.3 is 0 Å². The van der Waals surface area contributed by atoms with Gasteiger partial charge in [0.05, 0.1) is 0 Å². The summed E-state index contributed by atoms with van der Waals surface area (Å²) in [5.41, 5.74) is 0. The van der Waals surface area contributed by atoms with E-state index in [0.717, 1.165) is 12.2 Å². The first-order valence-corrected chi connectivity index (χ1v) is 4.45. The lowest BCUT2D eigenvalue weighted by Crippen LogP contribution is -2.10. The van der Waals surface area contributed by atoms with Crippen LogP contribution in [0.1, 0.15) is 20.3 Å². The molecule has 0 amide bonds. The highest BCUT2D eigenvalue weighted by Crippen LogP contribution is 2.24. The maximum absolute atomic E-state index is 10.9. The lowest BCUT2D eigenvalue weighted by molar-refractivity contribution is 0.592. The molecule has 0 spiro atoms. The number of hydrogen-bond acceptors (Lipinski definition) is 1. The summed E-state index contributed by atoms with van der Waals surface area (Å²) in [6.45, 7) is 4.24. The van der Waals surface area contributed by atoms with Gasteiger partial charge in [0.2, 0.25) is 0 Å². The Morgan fingerprint density at radius 1 is 1.50 bits per heavy atom. The summed E-state index contributed by atoms with van der Waals surface area (Å²) < 4.78 is 10.9. The van der Waals surface area contributed by atoms with Gasteiger partial charge in [-0.15, -0.1) is 0 Å². The van der Waals surface area contributed by atoms with Gasteiger partial charge in [-0.1, -0.05) is 18.1 Å². The first-order chi connectivity index (χ1) is 3.70. The monoisotopic (exact) mass is 132 g/mol. The molecule has 0 aliphatic carbocycles. The Morgan fingerprint density at radius 3 is 2.25 bits per heavy atom. The molecule has 0 N–H and O–H groups in total. The Bertz CT molecular complexity index is 74.6. The van der Waals surface area contributed by atoms with Gasteiger partial charge in [0, 0.05) is 12.3 Å². The van der Waals surface area contributed by atoms with Gasteiger partial charge in [-0.05, 0) is 6.92 Å². The number of hydrogen-bond donors (Lipinski definition) is 0. The van der Waals surface area contributed by atoms with Crippen molar-refractivity contribution in [2.75, 3.05) is 5.75 Å². The maximum atomic E-state index is 10.9. The lowest BCUT2D eigenvalue weighted by atomic mass is 10.1. The second-order valence-electron chi connectivity index (χ2n) is 2.70. The van der Waals surface area contributed by atoms with Crippen molar-refractivity contribution < 1.29 is 4.55 Å². The Morgan fingerprint density at radius 2 is 2.12 bits per heavy atom. The van der Waals surface area contributed by atoms with Gasteiger partial charge in [-0.3, -0.25) is 0 Å². The number of rotatable bonds is 0. The van der Waals surface area contributed by atoms with E-state index in [1.165, 1.54) is 0 Å². The van der Waals surface area contributed by atoms with Crippen LogP contribution < -0.4 is 0 Å². The summed E-state index contributed by atoms with van der Waals surface area (Å²) in [5.74, 6) is 1.63. The Labute approximate surface area is 53.7 Å². The van der Waals surface area contributed by atoms with E-state index in [2.05, 4.69) is 13.8 Å². The van der Waals surface area contributed by atoms with E-state index < -0.39 is 11.2 Å². The quantitative estimate of drug-likeness (QED) is 0.454. The van der Waals surface area contributed by atoms with Crippen molar-refractivity contribution in [3.8, 4) is 0 Å². The second kappa shape index (κ2) is 2.28. The summed E-state index contributed by atoms with van der Waals surface area (Å²) in [7, 11) is 0. The van der Waals surface area contributed by atoms with Crippen LogP contribution in [0.2, 0.25) is 0 Å². The fourth-order valence-electron chi connectivity index (χ4n) is 1.19. The molecule has 3 atom stereocenters. The van der Waals surface area contributed by atoms with Gasteiger partial charge in [0.1, 0.15) is 11.0 Å². The average molecular weight is 132 g/mol. The van der Waals surface area contributed by atoms with Gasteiger partial charge < -0.3 is 4.55 Å². The molecule has 0 radical (unpaired) electrons. The second-order valence-corrected chi connectivity index (χ2v) is 4.60. The van der Waals surface area contributed by atoms with Crippen LogP contribution in [0.3, 0.4) is 0 Å². The van der Waals surface area contributed by atoms with Gasteiger partial charge in [0.25, 0.3) is 0 Å². The van der Waals surface area contributed by atoms with Crippen molar-refractivity contribution in [3.63, 3.8) is 0 Å². The molecule has 8 heavy (non-hydrogen) atoms. The predicted molar refractivity (Wildman–Crippen MR) is 36.3 cm³/mol. The van der Waals surface area contributed by atoms with E-state index in [9.17, 15) is 4.55 Å². The normalized spacial score (nSPS) is 47.6. The fourth-order valence-corrected chi connectivity index (χ4v) is 2.76. The van der Waals surface area contributed by atoms with Crippen LogP contribution in [0.5, 0.6) is 0 Å². The zero-order chi connectivity index (χ0) is 6.15. The first-order valence-electron chi connectivity index (χ1n) is 3.07. The average Bonchev–Trinajstić information content (AvgIpc) is 1.85. The molecule has 1 aliphatic rings. The molecule has 0 bridgehead atoms. The molecule has 1 nitrogen and oxygen atoms in total. The first kappa shape index (κ1) is 6.43. The van der Waals surface area contributed by atoms with Crippen molar-refractivity contribution >= 4 is 11.2 Å². The van der Waals surface area contributed by atoms with Gasteiger partial charge in [-0.2, -0.15) is 0 Å². The van der Waals surface area contributed by atoms with Crippen molar-refractivity contribution in [1.29, 1.82) is 0 Å². The van der Waals surface area contributed by atoms with E-state index in [1.54, 1.807) is 0 Å². The standard InChI is InChI=1S/C6H12OS/c1-5-3-6(2)8(7)4-5/h5-6H,3-4H2,1-2H3/t5?,6-,8?/m0/s1. The highest BCUT2D eigenvalue weighted by Gasteiger charge is 2.29. The molecule has 2 unspecified atom stereocenters. The van der Waals surface area contributed by atoms with E-state index in [-0.39, 0.29) is 0 Å². The molecule has 0 aromatic rings. The molecule has 2 heteroatoms. The van der Waals surface area contributed by atoms with Crippen LogP contribution in [0.15, 0.2) is 0 Å². The molecule has 1 fully saturated rings. The molecule has 0 aromatic carbocycles. The van der Waals surface area contributed by atoms with Crippen molar-refractivity contribution in [1.82, 2.24) is 0 Å². The Balaban J connectivity index is 2.39.